The predicted molar refractivity (Wildman–Crippen MR) is 130 cm³/mol. The summed E-state index contributed by atoms with van der Waals surface area (Å²) in [6.45, 7) is 3.56. The first-order chi connectivity index (χ1) is 16.1. The van der Waals surface area contributed by atoms with Crippen molar-refractivity contribution in [1.82, 2.24) is 24.8 Å². The van der Waals surface area contributed by atoms with Crippen LogP contribution in [0.1, 0.15) is 56.3 Å². The van der Waals surface area contributed by atoms with Crippen molar-refractivity contribution in [2.45, 2.75) is 63.1 Å². The summed E-state index contributed by atoms with van der Waals surface area (Å²) in [4.78, 5) is 37.0. The molecule has 1 fully saturated rings. The summed E-state index contributed by atoms with van der Waals surface area (Å²) in [7, 11) is 0. The highest BCUT2D eigenvalue weighted by Crippen LogP contribution is 2.35. The van der Waals surface area contributed by atoms with Crippen molar-refractivity contribution in [3.63, 3.8) is 0 Å². The monoisotopic (exact) mass is 469 g/mol. The molecule has 0 spiro atoms. The van der Waals surface area contributed by atoms with Crippen LogP contribution in [-0.4, -0.2) is 38.4 Å². The molecule has 176 valence electrons. The molecule has 4 rings (SSSR count). The largest absolute Gasteiger partial charge is 0.445 e. The Kier molecular flexibility index (Phi) is 7.69. The van der Waals surface area contributed by atoms with Gasteiger partial charge >= 0.3 is 11.8 Å². The van der Waals surface area contributed by atoms with Crippen molar-refractivity contribution in [3.8, 4) is 0 Å². The van der Waals surface area contributed by atoms with Gasteiger partial charge in [0.25, 0.3) is 0 Å². The highest BCUT2D eigenvalue weighted by atomic mass is 32.2. The van der Waals surface area contributed by atoms with Crippen molar-refractivity contribution in [2.24, 2.45) is 5.92 Å². The molecule has 1 saturated carbocycles. The molecule has 1 aliphatic rings. The molecule has 33 heavy (non-hydrogen) atoms. The maximum Gasteiger partial charge on any atom is 0.407 e. The molecule has 0 unspecified atom stereocenters. The van der Waals surface area contributed by atoms with Crippen molar-refractivity contribution in [1.29, 1.82) is 0 Å². The third-order valence-corrected chi connectivity index (χ3v) is 6.90. The van der Waals surface area contributed by atoms with Crippen molar-refractivity contribution < 1.29 is 9.53 Å². The predicted octanol–water partition coefficient (Wildman–Crippen LogP) is 4.45. The van der Waals surface area contributed by atoms with Crippen LogP contribution in [0.2, 0.25) is 0 Å². The number of fused-ring (bicyclic) bond motifs is 1. The van der Waals surface area contributed by atoms with E-state index in [-0.39, 0.29) is 18.4 Å². The van der Waals surface area contributed by atoms with Crippen LogP contribution < -0.4 is 11.0 Å². The number of aromatic amines is 1. The summed E-state index contributed by atoms with van der Waals surface area (Å²) in [6, 6.07) is 9.67. The normalized spacial score (nSPS) is 18.4. The fraction of sp³-hybridized carbons (Fsp3) is 0.500. The third kappa shape index (κ3) is 5.58. The van der Waals surface area contributed by atoms with E-state index < -0.39 is 0 Å². The lowest BCUT2D eigenvalue weighted by Gasteiger charge is -2.27. The van der Waals surface area contributed by atoms with Gasteiger partial charge in [-0.25, -0.2) is 14.6 Å². The van der Waals surface area contributed by atoms with Gasteiger partial charge in [0, 0.05) is 19.0 Å². The maximum atomic E-state index is 12.4. The number of aromatic nitrogens is 4. The number of thioether (sulfide) groups is 1. The van der Waals surface area contributed by atoms with Gasteiger partial charge in [-0.05, 0) is 49.8 Å². The van der Waals surface area contributed by atoms with Gasteiger partial charge in [0.15, 0.2) is 5.65 Å². The first-order valence-electron chi connectivity index (χ1n) is 11.6. The first kappa shape index (κ1) is 23.4. The summed E-state index contributed by atoms with van der Waals surface area (Å²) in [5.74, 6) is 1.68. The Morgan fingerprint density at radius 3 is 2.67 bits per heavy atom. The van der Waals surface area contributed by atoms with Crippen LogP contribution in [0, 0.1) is 5.92 Å². The summed E-state index contributed by atoms with van der Waals surface area (Å²) in [5.41, 5.74) is 2.31. The Hall–Kier alpha value is -2.81. The maximum absolute atomic E-state index is 12.4. The van der Waals surface area contributed by atoms with Gasteiger partial charge < -0.3 is 15.0 Å². The summed E-state index contributed by atoms with van der Waals surface area (Å²) < 4.78 is 6.98. The second kappa shape index (κ2) is 10.9. The number of hydrogen-bond acceptors (Lipinski definition) is 6. The van der Waals surface area contributed by atoms with E-state index in [1.807, 2.05) is 43.5 Å². The van der Waals surface area contributed by atoms with Gasteiger partial charge in [0.1, 0.15) is 23.0 Å². The lowest BCUT2D eigenvalue weighted by molar-refractivity contribution is 0.136. The molecule has 2 aromatic heterocycles. The Morgan fingerprint density at radius 1 is 1.21 bits per heavy atom. The van der Waals surface area contributed by atoms with E-state index in [0.29, 0.717) is 35.6 Å². The topological polar surface area (TPSA) is 102 Å². The minimum Gasteiger partial charge on any atom is -0.445 e. The Bertz CT molecular complexity index is 1140. The van der Waals surface area contributed by atoms with Crippen LogP contribution in [0.15, 0.2) is 40.2 Å². The molecule has 3 aromatic rings. The van der Waals surface area contributed by atoms with Crippen molar-refractivity contribution in [3.05, 3.63) is 52.2 Å². The SMILES string of the molecule is CCCn1c(=O)nc(SC)c2[nH]c([C@H]3CC[C@H](CNC(=O)OCc4ccccc4)CC3)nc21. The minimum absolute atomic E-state index is 0.235. The van der Waals surface area contributed by atoms with Gasteiger partial charge in [-0.1, -0.05) is 37.3 Å². The molecule has 2 N–H and O–H groups in total. The third-order valence-electron chi connectivity index (χ3n) is 6.22. The van der Waals surface area contributed by atoms with Crippen LogP contribution in [0.4, 0.5) is 4.79 Å². The van der Waals surface area contributed by atoms with Crippen molar-refractivity contribution >= 4 is 29.0 Å². The molecule has 1 aliphatic carbocycles. The van der Waals surface area contributed by atoms with Crippen LogP contribution in [0.5, 0.6) is 0 Å². The molecule has 1 aromatic carbocycles. The molecule has 0 saturated heterocycles. The highest BCUT2D eigenvalue weighted by Gasteiger charge is 2.26. The quantitative estimate of drug-likeness (QED) is 0.373. The van der Waals surface area contributed by atoms with E-state index in [1.165, 1.54) is 11.8 Å². The van der Waals surface area contributed by atoms with Gasteiger partial charge in [0.05, 0.1) is 0 Å². The number of alkyl carbamates (subject to hydrolysis) is 1. The summed E-state index contributed by atoms with van der Waals surface area (Å²) in [6.07, 6.45) is 6.41. The van der Waals surface area contributed by atoms with Crippen LogP contribution in [-0.2, 0) is 17.9 Å². The molecule has 9 heteroatoms. The number of hydrogen-bond donors (Lipinski definition) is 2. The van der Waals surface area contributed by atoms with Gasteiger partial charge in [0.2, 0.25) is 0 Å². The lowest BCUT2D eigenvalue weighted by Crippen LogP contribution is -2.31. The summed E-state index contributed by atoms with van der Waals surface area (Å²) in [5, 5.41) is 3.61. The first-order valence-corrected chi connectivity index (χ1v) is 12.8. The smallest absolute Gasteiger partial charge is 0.407 e. The van der Waals surface area contributed by atoms with E-state index >= 15 is 0 Å². The number of amides is 1. The lowest BCUT2D eigenvalue weighted by atomic mass is 9.81. The highest BCUT2D eigenvalue weighted by molar-refractivity contribution is 7.98. The molecule has 0 atom stereocenters. The van der Waals surface area contributed by atoms with E-state index in [0.717, 1.165) is 49.0 Å². The number of benzene rings is 1. The number of aryl methyl sites for hydroxylation is 1. The fourth-order valence-electron chi connectivity index (χ4n) is 4.43. The van der Waals surface area contributed by atoms with E-state index in [2.05, 4.69) is 15.3 Å². The standard InChI is InChI=1S/C24H31N5O3S/c1-3-13-29-21-19(22(33-2)28-23(29)30)26-20(27-21)18-11-9-16(10-12-18)14-25-24(31)32-15-17-7-5-4-6-8-17/h4-8,16,18H,3,9-15H2,1-2H3,(H,25,31)(H,26,27)/t16-,18-. The number of nitrogens with zero attached hydrogens (tertiary/aromatic N) is 3. The molecule has 0 aliphatic heterocycles. The van der Waals surface area contributed by atoms with Gasteiger partial charge in [-0.3, -0.25) is 4.57 Å². The average molecular weight is 470 g/mol. The fourth-order valence-corrected chi connectivity index (χ4v) is 4.94. The molecular formula is C24H31N5O3S. The van der Waals surface area contributed by atoms with Crippen LogP contribution in [0.3, 0.4) is 0 Å². The zero-order valence-electron chi connectivity index (χ0n) is 19.2. The van der Waals surface area contributed by atoms with E-state index in [9.17, 15) is 9.59 Å². The number of carbonyl (C=O) groups is 1. The summed E-state index contributed by atoms with van der Waals surface area (Å²) >= 11 is 1.46. The average Bonchev–Trinajstić information content (AvgIpc) is 3.29. The zero-order valence-corrected chi connectivity index (χ0v) is 20.0. The Morgan fingerprint density at radius 2 is 1.97 bits per heavy atom. The van der Waals surface area contributed by atoms with Gasteiger partial charge in [-0.2, -0.15) is 4.98 Å². The second-order valence-electron chi connectivity index (χ2n) is 8.54. The molecule has 0 radical (unpaired) electrons. The Labute approximate surface area is 197 Å². The zero-order chi connectivity index (χ0) is 23.2. The van der Waals surface area contributed by atoms with Gasteiger partial charge in [-0.15, -0.1) is 11.8 Å². The number of imidazole rings is 1. The Balaban J connectivity index is 1.32. The number of carbonyl (C=O) groups excluding carboxylic acids is 1. The van der Waals surface area contributed by atoms with E-state index in [4.69, 9.17) is 9.72 Å². The molecule has 2 heterocycles. The van der Waals surface area contributed by atoms with E-state index in [1.54, 1.807) is 4.57 Å². The number of rotatable bonds is 8. The number of nitrogens with one attached hydrogen (secondary N) is 2. The second-order valence-corrected chi connectivity index (χ2v) is 9.33. The molecule has 8 nitrogen and oxygen atoms in total. The number of ether oxygens (including phenoxy) is 1. The molecule has 0 bridgehead atoms. The molecular weight excluding hydrogens is 438 g/mol. The van der Waals surface area contributed by atoms with Crippen LogP contribution in [0.25, 0.3) is 11.2 Å². The molecule has 1 amide bonds. The van der Waals surface area contributed by atoms with Crippen molar-refractivity contribution in [2.75, 3.05) is 12.8 Å². The number of H-pyrrole nitrogens is 1. The van der Waals surface area contributed by atoms with Crippen LogP contribution >= 0.6 is 11.8 Å². The minimum atomic E-state index is -0.371.